The van der Waals surface area contributed by atoms with E-state index < -0.39 is 0 Å². The maximum Gasteiger partial charge on any atom is 0.321 e. The van der Waals surface area contributed by atoms with Crippen LogP contribution < -0.4 is 0 Å². The predicted octanol–water partition coefficient (Wildman–Crippen LogP) is 0.650. The van der Waals surface area contributed by atoms with Gasteiger partial charge >= 0.3 is 11.9 Å². The molecule has 1 aliphatic carbocycles. The zero-order valence-corrected chi connectivity index (χ0v) is 7.82. The van der Waals surface area contributed by atoms with Gasteiger partial charge in [-0.15, -0.1) is 0 Å². The summed E-state index contributed by atoms with van der Waals surface area (Å²) in [5.74, 6) is -1.19. The van der Waals surface area contributed by atoms with Gasteiger partial charge in [0.1, 0.15) is 0 Å². The Hall–Kier alpha value is -0.458. The molecule has 0 aromatic heterocycles. The summed E-state index contributed by atoms with van der Waals surface area (Å²) in [6.45, 7) is 0. The maximum absolute atomic E-state index is 10.9. The van der Waals surface area contributed by atoms with Crippen LogP contribution in [-0.4, -0.2) is 11.9 Å². The smallest absolute Gasteiger partial charge is 0.321 e. The van der Waals surface area contributed by atoms with E-state index in [1.165, 1.54) is 0 Å². The van der Waals surface area contributed by atoms with Crippen LogP contribution >= 0.6 is 0 Å². The summed E-state index contributed by atoms with van der Waals surface area (Å²) >= 11 is 0. The maximum atomic E-state index is 10.9. The third-order valence-electron chi connectivity index (χ3n) is 2.20. The molecule has 0 bridgehead atoms. The largest absolute Gasteiger partial charge is 0.392 e. The summed E-state index contributed by atoms with van der Waals surface area (Å²) in [4.78, 5) is 21.9. The van der Waals surface area contributed by atoms with Gasteiger partial charge in [-0.1, -0.05) is 12.2 Å². The zero-order valence-electron chi connectivity index (χ0n) is 6.26. The molecule has 0 spiro atoms. The van der Waals surface area contributed by atoms with Gasteiger partial charge in [0.05, 0.1) is 11.8 Å². The first-order valence-electron chi connectivity index (χ1n) is 3.71. The molecule has 12 heavy (non-hydrogen) atoms. The molecule has 68 valence electrons. The van der Waals surface area contributed by atoms with Gasteiger partial charge in [-0.3, -0.25) is 9.59 Å². The van der Waals surface area contributed by atoms with Crippen LogP contribution in [0.4, 0.5) is 0 Å². The van der Waals surface area contributed by atoms with Crippen LogP contribution in [0.2, 0.25) is 0 Å². The van der Waals surface area contributed by atoms with Crippen molar-refractivity contribution in [2.75, 3.05) is 0 Å². The molecule has 2 rings (SSSR count). The van der Waals surface area contributed by atoms with Crippen LogP contribution in [0, 0.1) is 11.8 Å². The van der Waals surface area contributed by atoms with E-state index in [9.17, 15) is 9.59 Å². The molecule has 3 nitrogen and oxygen atoms in total. The number of allylic oxidation sites excluding steroid dienone is 1. The Morgan fingerprint density at radius 1 is 1.33 bits per heavy atom. The standard InChI is InChI=1S/C8H8O3.Pd/c9-7-5-3-1-2-4-6(5)8(10)11-7;/h1,3,5-6H,2,4H2;. The Morgan fingerprint density at radius 2 is 2.08 bits per heavy atom. The molecule has 0 aromatic carbocycles. The van der Waals surface area contributed by atoms with Gasteiger partial charge in [-0.05, 0) is 12.8 Å². The van der Waals surface area contributed by atoms with Crippen LogP contribution in [0.3, 0.4) is 0 Å². The number of hydrogen-bond acceptors (Lipinski definition) is 3. The molecule has 2 unspecified atom stereocenters. The van der Waals surface area contributed by atoms with E-state index in [-0.39, 0.29) is 44.2 Å². The van der Waals surface area contributed by atoms with Gasteiger partial charge in [0.25, 0.3) is 0 Å². The summed E-state index contributed by atoms with van der Waals surface area (Å²) in [5, 5.41) is 0. The minimum Gasteiger partial charge on any atom is -0.392 e. The van der Waals surface area contributed by atoms with Crippen molar-refractivity contribution in [1.82, 2.24) is 0 Å². The first kappa shape index (κ1) is 9.63. The Kier molecular flexibility index (Phi) is 2.81. The van der Waals surface area contributed by atoms with Gasteiger partial charge in [0.15, 0.2) is 0 Å². The van der Waals surface area contributed by atoms with Crippen molar-refractivity contribution in [3.8, 4) is 0 Å². The number of ether oxygens (including phenoxy) is 1. The Labute approximate surface area is 83.8 Å². The summed E-state index contributed by atoms with van der Waals surface area (Å²) in [5.41, 5.74) is 0. The molecule has 0 saturated carbocycles. The van der Waals surface area contributed by atoms with Crippen molar-refractivity contribution < 1.29 is 34.7 Å². The number of carbonyl (C=O) groups is 2. The van der Waals surface area contributed by atoms with E-state index in [1.807, 2.05) is 6.08 Å². The number of esters is 2. The molecule has 1 aliphatic heterocycles. The first-order valence-corrected chi connectivity index (χ1v) is 3.71. The number of fused-ring (bicyclic) bond motifs is 1. The van der Waals surface area contributed by atoms with Gasteiger partial charge in [-0.2, -0.15) is 0 Å². The van der Waals surface area contributed by atoms with Gasteiger partial charge < -0.3 is 4.74 Å². The van der Waals surface area contributed by atoms with Crippen LogP contribution in [0.15, 0.2) is 12.2 Å². The molecule has 0 amide bonds. The van der Waals surface area contributed by atoms with E-state index in [1.54, 1.807) is 6.08 Å². The SMILES string of the molecule is O=C1OC(=O)C2CCC=CC12.[Pd]. The van der Waals surface area contributed by atoms with Crippen LogP contribution in [0.5, 0.6) is 0 Å². The van der Waals surface area contributed by atoms with Crippen molar-refractivity contribution >= 4 is 11.9 Å². The number of carbonyl (C=O) groups excluding carboxylic acids is 2. The van der Waals surface area contributed by atoms with Gasteiger partial charge in [-0.25, -0.2) is 0 Å². The second kappa shape index (κ2) is 3.51. The van der Waals surface area contributed by atoms with Crippen LogP contribution in [0.1, 0.15) is 12.8 Å². The van der Waals surface area contributed by atoms with E-state index >= 15 is 0 Å². The van der Waals surface area contributed by atoms with Crippen molar-refractivity contribution in [3.05, 3.63) is 12.2 Å². The molecular formula is C8H8O3Pd. The summed E-state index contributed by atoms with van der Waals surface area (Å²) < 4.78 is 4.48. The number of cyclic esters (lactones) is 2. The van der Waals surface area contributed by atoms with E-state index in [0.29, 0.717) is 0 Å². The van der Waals surface area contributed by atoms with E-state index in [2.05, 4.69) is 4.74 Å². The van der Waals surface area contributed by atoms with E-state index in [4.69, 9.17) is 0 Å². The van der Waals surface area contributed by atoms with Gasteiger partial charge in [0, 0.05) is 20.4 Å². The predicted molar refractivity (Wildman–Crippen MR) is 36.5 cm³/mol. The average Bonchev–Trinajstić information content (AvgIpc) is 2.30. The molecule has 0 N–H and O–H groups in total. The second-order valence-corrected chi connectivity index (χ2v) is 2.88. The minimum atomic E-state index is -0.379. The molecule has 1 fully saturated rings. The summed E-state index contributed by atoms with van der Waals surface area (Å²) in [6, 6.07) is 0. The van der Waals surface area contributed by atoms with Crippen molar-refractivity contribution in [1.29, 1.82) is 0 Å². The molecule has 1 heterocycles. The fourth-order valence-electron chi connectivity index (χ4n) is 1.58. The fraction of sp³-hybridized carbons (Fsp3) is 0.500. The third kappa shape index (κ3) is 1.37. The normalized spacial score (nSPS) is 32.3. The molecule has 2 atom stereocenters. The zero-order chi connectivity index (χ0) is 7.84. The number of rotatable bonds is 0. The molecule has 0 aromatic rings. The molecule has 1 saturated heterocycles. The molecule has 2 aliphatic rings. The van der Waals surface area contributed by atoms with Crippen LogP contribution in [-0.2, 0) is 34.7 Å². The Bertz CT molecular complexity index is 247. The van der Waals surface area contributed by atoms with Crippen molar-refractivity contribution in [2.24, 2.45) is 11.8 Å². The van der Waals surface area contributed by atoms with Crippen LogP contribution in [0.25, 0.3) is 0 Å². The monoisotopic (exact) mass is 258 g/mol. The topological polar surface area (TPSA) is 43.4 Å². The Morgan fingerprint density at radius 3 is 2.75 bits per heavy atom. The molecular weight excluding hydrogens is 251 g/mol. The quantitative estimate of drug-likeness (QED) is 0.277. The second-order valence-electron chi connectivity index (χ2n) is 2.88. The summed E-state index contributed by atoms with van der Waals surface area (Å²) in [6.07, 6.45) is 5.34. The molecule has 4 heteroatoms. The summed E-state index contributed by atoms with van der Waals surface area (Å²) in [7, 11) is 0. The van der Waals surface area contributed by atoms with Crippen molar-refractivity contribution in [2.45, 2.75) is 12.8 Å². The molecule has 0 radical (unpaired) electrons. The Balaban J connectivity index is 0.000000720. The van der Waals surface area contributed by atoms with Gasteiger partial charge in [0.2, 0.25) is 0 Å². The van der Waals surface area contributed by atoms with Crippen molar-refractivity contribution in [3.63, 3.8) is 0 Å². The number of hydrogen-bond donors (Lipinski definition) is 0. The fourth-order valence-corrected chi connectivity index (χ4v) is 1.58. The average molecular weight is 259 g/mol. The third-order valence-corrected chi connectivity index (χ3v) is 2.20. The minimum absolute atomic E-state index is 0. The first-order chi connectivity index (χ1) is 5.29. The van der Waals surface area contributed by atoms with E-state index in [0.717, 1.165) is 12.8 Å².